The Morgan fingerprint density at radius 1 is 0.950 bits per heavy atom. The van der Waals surface area contributed by atoms with Crippen molar-refractivity contribution in [2.75, 3.05) is 0 Å². The van der Waals surface area contributed by atoms with Crippen LogP contribution < -0.4 is 5.73 Å². The summed E-state index contributed by atoms with van der Waals surface area (Å²) < 4.78 is 0. The van der Waals surface area contributed by atoms with Gasteiger partial charge in [0.1, 0.15) is 5.01 Å². The zero-order valence-electron chi connectivity index (χ0n) is 11.1. The van der Waals surface area contributed by atoms with Crippen LogP contribution in [0.25, 0.3) is 10.6 Å². The first-order valence-corrected chi connectivity index (χ1v) is 7.51. The summed E-state index contributed by atoms with van der Waals surface area (Å²) in [7, 11) is 0. The average Bonchev–Trinajstić information content (AvgIpc) is 2.97. The molecule has 0 amide bonds. The molecule has 2 aromatic carbocycles. The van der Waals surface area contributed by atoms with Crippen molar-refractivity contribution in [3.63, 3.8) is 0 Å². The van der Waals surface area contributed by atoms with Crippen molar-refractivity contribution >= 4 is 11.3 Å². The van der Waals surface area contributed by atoms with Gasteiger partial charge < -0.3 is 5.73 Å². The highest BCUT2D eigenvalue weighted by atomic mass is 32.1. The maximum atomic E-state index is 6.24. The molecule has 1 aromatic heterocycles. The van der Waals surface area contributed by atoms with Crippen LogP contribution in [0.3, 0.4) is 0 Å². The molecule has 0 aliphatic rings. The molecule has 2 N–H and O–H groups in total. The number of rotatable bonds is 4. The Labute approximate surface area is 122 Å². The number of nitrogens with zero attached hydrogens (tertiary/aromatic N) is 1. The number of nitrogens with two attached hydrogens (primary N) is 1. The minimum Gasteiger partial charge on any atom is -0.324 e. The van der Waals surface area contributed by atoms with E-state index in [0.717, 1.165) is 28.2 Å². The fourth-order valence-electron chi connectivity index (χ4n) is 2.16. The fraction of sp³-hybridized carbons (Fsp3) is 0.118. The molecule has 0 aliphatic heterocycles. The van der Waals surface area contributed by atoms with Gasteiger partial charge in [0.05, 0.1) is 5.69 Å². The van der Waals surface area contributed by atoms with E-state index in [2.05, 4.69) is 34.6 Å². The molecule has 0 saturated heterocycles. The summed E-state index contributed by atoms with van der Waals surface area (Å²) in [6.07, 6.45) is 0.771. The molecule has 1 atom stereocenters. The molecule has 0 saturated carbocycles. The first kappa shape index (κ1) is 13.0. The van der Waals surface area contributed by atoms with Gasteiger partial charge in [-0.15, -0.1) is 11.3 Å². The number of thiazole rings is 1. The second kappa shape index (κ2) is 5.99. The van der Waals surface area contributed by atoms with Crippen molar-refractivity contribution < 1.29 is 0 Å². The molecule has 100 valence electrons. The van der Waals surface area contributed by atoms with Gasteiger partial charge in [-0.3, -0.25) is 0 Å². The van der Waals surface area contributed by atoms with Gasteiger partial charge in [0.15, 0.2) is 0 Å². The van der Waals surface area contributed by atoms with Crippen molar-refractivity contribution in [3.05, 3.63) is 77.3 Å². The van der Waals surface area contributed by atoms with E-state index < -0.39 is 0 Å². The summed E-state index contributed by atoms with van der Waals surface area (Å²) in [4.78, 5) is 4.68. The van der Waals surface area contributed by atoms with Crippen LogP contribution in [-0.2, 0) is 6.42 Å². The minimum atomic E-state index is 0.00178. The largest absolute Gasteiger partial charge is 0.324 e. The smallest absolute Gasteiger partial charge is 0.123 e. The molecular weight excluding hydrogens is 264 g/mol. The SMILES string of the molecule is NC(Cc1csc(-c2ccccc2)n1)c1ccccc1. The Bertz CT molecular complexity index is 662. The Kier molecular flexibility index (Phi) is 3.90. The molecule has 3 aromatic rings. The van der Waals surface area contributed by atoms with Crippen molar-refractivity contribution in [2.45, 2.75) is 12.5 Å². The third kappa shape index (κ3) is 2.95. The maximum absolute atomic E-state index is 6.24. The van der Waals surface area contributed by atoms with Crippen LogP contribution in [0.15, 0.2) is 66.0 Å². The Hall–Kier alpha value is -1.97. The van der Waals surface area contributed by atoms with Crippen LogP contribution in [-0.4, -0.2) is 4.98 Å². The molecule has 20 heavy (non-hydrogen) atoms. The van der Waals surface area contributed by atoms with Crippen molar-refractivity contribution in [3.8, 4) is 10.6 Å². The molecule has 1 unspecified atom stereocenters. The van der Waals surface area contributed by atoms with Gasteiger partial charge in [-0.25, -0.2) is 4.98 Å². The number of aromatic nitrogens is 1. The number of hydrogen-bond acceptors (Lipinski definition) is 3. The lowest BCUT2D eigenvalue weighted by atomic mass is 10.0. The molecule has 1 heterocycles. The van der Waals surface area contributed by atoms with Crippen LogP contribution in [0.4, 0.5) is 0 Å². The second-order valence-corrected chi connectivity index (χ2v) is 5.59. The van der Waals surface area contributed by atoms with Crippen molar-refractivity contribution in [2.24, 2.45) is 5.73 Å². The predicted molar refractivity (Wildman–Crippen MR) is 84.6 cm³/mol. The molecule has 3 heteroatoms. The van der Waals surface area contributed by atoms with Gasteiger partial charge in [-0.2, -0.15) is 0 Å². The minimum absolute atomic E-state index is 0.00178. The summed E-state index contributed by atoms with van der Waals surface area (Å²) in [6.45, 7) is 0. The fourth-order valence-corrected chi connectivity index (χ4v) is 3.00. The zero-order chi connectivity index (χ0) is 13.8. The molecule has 2 nitrogen and oxygen atoms in total. The lowest BCUT2D eigenvalue weighted by Gasteiger charge is -2.09. The van der Waals surface area contributed by atoms with E-state index in [9.17, 15) is 0 Å². The van der Waals surface area contributed by atoms with Crippen LogP contribution in [0.5, 0.6) is 0 Å². The Morgan fingerprint density at radius 3 is 2.30 bits per heavy atom. The van der Waals surface area contributed by atoms with E-state index in [0.29, 0.717) is 0 Å². The van der Waals surface area contributed by atoms with Gasteiger partial charge in [0.25, 0.3) is 0 Å². The average molecular weight is 280 g/mol. The topological polar surface area (TPSA) is 38.9 Å². The summed E-state index contributed by atoms with van der Waals surface area (Å²) >= 11 is 1.67. The molecule has 0 fully saturated rings. The summed E-state index contributed by atoms with van der Waals surface area (Å²) in [5.41, 5.74) is 9.62. The standard InChI is InChI=1S/C17H16N2S/c18-16(13-7-3-1-4-8-13)11-15-12-20-17(19-15)14-9-5-2-6-10-14/h1-10,12,16H,11,18H2. The van der Waals surface area contributed by atoms with Gasteiger partial charge in [-0.05, 0) is 5.56 Å². The summed E-state index contributed by atoms with van der Waals surface area (Å²) in [6, 6.07) is 20.4. The Balaban J connectivity index is 1.75. The quantitative estimate of drug-likeness (QED) is 0.783. The third-order valence-corrected chi connectivity index (χ3v) is 4.17. The molecule has 0 aliphatic carbocycles. The monoisotopic (exact) mass is 280 g/mol. The highest BCUT2D eigenvalue weighted by Crippen LogP contribution is 2.25. The van der Waals surface area contributed by atoms with Gasteiger partial charge in [0, 0.05) is 23.4 Å². The van der Waals surface area contributed by atoms with E-state index in [-0.39, 0.29) is 6.04 Å². The van der Waals surface area contributed by atoms with Crippen LogP contribution in [0.1, 0.15) is 17.3 Å². The highest BCUT2D eigenvalue weighted by Gasteiger charge is 2.10. The van der Waals surface area contributed by atoms with Crippen LogP contribution in [0.2, 0.25) is 0 Å². The van der Waals surface area contributed by atoms with Crippen molar-refractivity contribution in [1.29, 1.82) is 0 Å². The number of benzene rings is 2. The molecule has 0 radical (unpaired) electrons. The first-order valence-electron chi connectivity index (χ1n) is 6.63. The third-order valence-electron chi connectivity index (χ3n) is 3.23. The zero-order valence-corrected chi connectivity index (χ0v) is 11.9. The van der Waals surface area contributed by atoms with Crippen LogP contribution in [0, 0.1) is 0 Å². The van der Waals surface area contributed by atoms with Gasteiger partial charge in [-0.1, -0.05) is 60.7 Å². The van der Waals surface area contributed by atoms with Gasteiger partial charge in [0.2, 0.25) is 0 Å². The summed E-state index contributed by atoms with van der Waals surface area (Å²) in [5, 5.41) is 3.16. The van der Waals surface area contributed by atoms with Gasteiger partial charge >= 0.3 is 0 Å². The first-order chi connectivity index (χ1) is 9.83. The predicted octanol–water partition coefficient (Wildman–Crippen LogP) is 4.05. The van der Waals surface area contributed by atoms with E-state index >= 15 is 0 Å². The molecule has 0 bridgehead atoms. The van der Waals surface area contributed by atoms with E-state index in [1.54, 1.807) is 11.3 Å². The lowest BCUT2D eigenvalue weighted by molar-refractivity contribution is 0.710. The number of hydrogen-bond donors (Lipinski definition) is 1. The second-order valence-electron chi connectivity index (χ2n) is 4.73. The summed E-state index contributed by atoms with van der Waals surface area (Å²) in [5.74, 6) is 0. The van der Waals surface area contributed by atoms with E-state index in [4.69, 9.17) is 5.73 Å². The maximum Gasteiger partial charge on any atom is 0.123 e. The van der Waals surface area contributed by atoms with Crippen LogP contribution >= 0.6 is 11.3 Å². The van der Waals surface area contributed by atoms with E-state index in [1.807, 2.05) is 36.4 Å². The lowest BCUT2D eigenvalue weighted by Crippen LogP contribution is -2.13. The highest BCUT2D eigenvalue weighted by molar-refractivity contribution is 7.13. The molecule has 0 spiro atoms. The molecule has 3 rings (SSSR count). The van der Waals surface area contributed by atoms with E-state index in [1.165, 1.54) is 0 Å². The van der Waals surface area contributed by atoms with Crippen molar-refractivity contribution in [1.82, 2.24) is 4.98 Å². The molecular formula is C17H16N2S. The normalized spacial score (nSPS) is 12.2. The Morgan fingerprint density at radius 2 is 1.60 bits per heavy atom.